The maximum atomic E-state index is 12.6. The van der Waals surface area contributed by atoms with Crippen LogP contribution in [0.2, 0.25) is 5.02 Å². The topological polar surface area (TPSA) is 85.8 Å². The van der Waals surface area contributed by atoms with Crippen LogP contribution >= 0.6 is 23.4 Å². The summed E-state index contributed by atoms with van der Waals surface area (Å²) in [6.45, 7) is 1.82. The number of nitrogens with one attached hydrogen (secondary N) is 1. The lowest BCUT2D eigenvalue weighted by atomic mass is 10.1. The number of hydrogen-bond acceptors (Lipinski definition) is 5. The number of fused-ring (bicyclic) bond motifs is 1. The zero-order chi connectivity index (χ0) is 19.7. The molecule has 0 saturated carbocycles. The smallest absolute Gasteiger partial charge is 0.237 e. The van der Waals surface area contributed by atoms with Crippen molar-refractivity contribution in [2.45, 2.75) is 36.6 Å². The summed E-state index contributed by atoms with van der Waals surface area (Å²) >= 11 is 7.30. The molecule has 0 saturated heterocycles. The van der Waals surface area contributed by atoms with Crippen molar-refractivity contribution in [2.24, 2.45) is 0 Å². The first-order chi connectivity index (χ1) is 13.5. The summed E-state index contributed by atoms with van der Waals surface area (Å²) in [7, 11) is 0. The molecule has 6 nitrogen and oxygen atoms in total. The molecule has 0 bridgehead atoms. The molecule has 0 spiro atoms. The van der Waals surface area contributed by atoms with E-state index in [9.17, 15) is 4.79 Å². The van der Waals surface area contributed by atoms with Crippen molar-refractivity contribution in [3.8, 4) is 11.4 Å². The Morgan fingerprint density at radius 3 is 2.86 bits per heavy atom. The molecule has 1 aliphatic carbocycles. The number of carbonyl (C=O) groups is 1. The van der Waals surface area contributed by atoms with Gasteiger partial charge in [-0.15, -0.1) is 10.2 Å². The number of anilines is 1. The molecule has 1 aliphatic rings. The summed E-state index contributed by atoms with van der Waals surface area (Å²) in [5.41, 5.74) is 4.30. The van der Waals surface area contributed by atoms with Crippen molar-refractivity contribution in [1.82, 2.24) is 14.9 Å². The van der Waals surface area contributed by atoms with Gasteiger partial charge in [-0.1, -0.05) is 41.6 Å². The molecule has 0 fully saturated rings. The van der Waals surface area contributed by atoms with Crippen molar-refractivity contribution in [3.05, 3.63) is 58.6 Å². The van der Waals surface area contributed by atoms with Crippen LogP contribution < -0.4 is 11.2 Å². The van der Waals surface area contributed by atoms with E-state index in [-0.39, 0.29) is 11.2 Å². The third kappa shape index (κ3) is 3.86. The predicted molar refractivity (Wildman–Crippen MR) is 113 cm³/mol. The van der Waals surface area contributed by atoms with Crippen LogP contribution in [0.4, 0.5) is 5.69 Å². The number of benzene rings is 2. The number of aryl methyl sites for hydroxylation is 2. The maximum absolute atomic E-state index is 12.6. The zero-order valence-electron chi connectivity index (χ0n) is 15.4. The van der Waals surface area contributed by atoms with Crippen LogP contribution in [-0.2, 0) is 17.6 Å². The number of aromatic nitrogens is 3. The molecule has 0 aliphatic heterocycles. The Balaban J connectivity index is 1.45. The largest absolute Gasteiger partial charge is 0.335 e. The standard InChI is InChI=1S/C20H20ClN5OS/c1-12(19(27)23-17-9-8-13-4-2-5-14(13)11-17)28-20-25-24-18(26(20)22)15-6-3-7-16(21)10-15/h3,6-12H,2,4-5,22H2,1H3,(H,23,27)/t12-/m1/s1. The van der Waals surface area contributed by atoms with E-state index in [4.69, 9.17) is 17.4 Å². The average Bonchev–Trinajstić information content (AvgIpc) is 3.28. The Labute approximate surface area is 172 Å². The second-order valence-electron chi connectivity index (χ2n) is 6.77. The number of thioether (sulfide) groups is 1. The zero-order valence-corrected chi connectivity index (χ0v) is 16.9. The molecule has 0 unspecified atom stereocenters. The minimum Gasteiger partial charge on any atom is -0.335 e. The van der Waals surface area contributed by atoms with E-state index in [0.717, 1.165) is 24.1 Å². The van der Waals surface area contributed by atoms with Crippen LogP contribution in [0.15, 0.2) is 47.6 Å². The number of amides is 1. The highest BCUT2D eigenvalue weighted by molar-refractivity contribution is 8.00. The molecule has 1 heterocycles. The van der Waals surface area contributed by atoms with Gasteiger partial charge in [-0.2, -0.15) is 0 Å². The van der Waals surface area contributed by atoms with Crippen LogP contribution in [0.25, 0.3) is 11.4 Å². The number of hydrogen-bond donors (Lipinski definition) is 2. The van der Waals surface area contributed by atoms with Gasteiger partial charge in [0.25, 0.3) is 0 Å². The van der Waals surface area contributed by atoms with Gasteiger partial charge in [0.05, 0.1) is 5.25 Å². The van der Waals surface area contributed by atoms with Crippen molar-refractivity contribution < 1.29 is 4.79 Å². The SMILES string of the molecule is C[C@@H](Sc1nnc(-c2cccc(Cl)c2)n1N)C(=O)Nc1ccc2c(c1)CCC2. The van der Waals surface area contributed by atoms with E-state index in [1.54, 1.807) is 12.1 Å². The lowest BCUT2D eigenvalue weighted by molar-refractivity contribution is -0.115. The summed E-state index contributed by atoms with van der Waals surface area (Å²) in [5, 5.41) is 11.9. The van der Waals surface area contributed by atoms with E-state index >= 15 is 0 Å². The lowest BCUT2D eigenvalue weighted by Crippen LogP contribution is -2.23. The second kappa shape index (κ2) is 7.85. The van der Waals surface area contributed by atoms with Crippen molar-refractivity contribution in [2.75, 3.05) is 11.2 Å². The number of rotatable bonds is 5. The minimum atomic E-state index is -0.382. The summed E-state index contributed by atoms with van der Waals surface area (Å²) in [5.74, 6) is 6.54. The molecular formula is C20H20ClN5OS. The average molecular weight is 414 g/mol. The fourth-order valence-electron chi connectivity index (χ4n) is 3.29. The van der Waals surface area contributed by atoms with Crippen LogP contribution in [0.1, 0.15) is 24.5 Å². The monoisotopic (exact) mass is 413 g/mol. The van der Waals surface area contributed by atoms with Gasteiger partial charge in [-0.3, -0.25) is 4.79 Å². The molecule has 144 valence electrons. The normalized spacial score (nSPS) is 13.9. The van der Waals surface area contributed by atoms with Gasteiger partial charge in [-0.05, 0) is 61.6 Å². The molecule has 3 aromatic rings. The number of carbonyl (C=O) groups excluding carboxylic acids is 1. The fraction of sp³-hybridized carbons (Fsp3) is 0.250. The third-order valence-electron chi connectivity index (χ3n) is 4.76. The molecule has 3 N–H and O–H groups in total. The Morgan fingerprint density at radius 1 is 1.21 bits per heavy atom. The summed E-state index contributed by atoms with van der Waals surface area (Å²) in [6, 6.07) is 13.4. The molecule has 1 aromatic heterocycles. The summed E-state index contributed by atoms with van der Waals surface area (Å²) in [6.07, 6.45) is 3.38. The van der Waals surface area contributed by atoms with Crippen LogP contribution in [0.3, 0.4) is 0 Å². The van der Waals surface area contributed by atoms with E-state index in [2.05, 4.69) is 27.6 Å². The van der Waals surface area contributed by atoms with Gasteiger partial charge in [0.15, 0.2) is 5.82 Å². The van der Waals surface area contributed by atoms with Crippen molar-refractivity contribution in [3.63, 3.8) is 0 Å². The van der Waals surface area contributed by atoms with E-state index in [1.807, 2.05) is 25.1 Å². The number of nitrogen functional groups attached to an aromatic ring is 1. The van der Waals surface area contributed by atoms with Gasteiger partial charge in [0.2, 0.25) is 11.1 Å². The predicted octanol–water partition coefficient (Wildman–Crippen LogP) is 3.92. The van der Waals surface area contributed by atoms with Gasteiger partial charge in [0.1, 0.15) is 0 Å². The van der Waals surface area contributed by atoms with Gasteiger partial charge in [-0.25, -0.2) is 4.68 Å². The Hall–Kier alpha value is -2.51. The first-order valence-corrected chi connectivity index (χ1v) is 10.3. The van der Waals surface area contributed by atoms with E-state index in [0.29, 0.717) is 16.0 Å². The summed E-state index contributed by atoms with van der Waals surface area (Å²) < 4.78 is 1.38. The first-order valence-electron chi connectivity index (χ1n) is 9.07. The molecular weight excluding hydrogens is 394 g/mol. The number of halogens is 1. The Morgan fingerprint density at radius 2 is 2.04 bits per heavy atom. The quantitative estimate of drug-likeness (QED) is 0.489. The van der Waals surface area contributed by atoms with Crippen molar-refractivity contribution >= 4 is 35.0 Å². The van der Waals surface area contributed by atoms with Gasteiger partial charge < -0.3 is 11.2 Å². The molecule has 1 atom stereocenters. The maximum Gasteiger partial charge on any atom is 0.237 e. The third-order valence-corrected chi connectivity index (χ3v) is 6.06. The number of nitrogens with zero attached hydrogens (tertiary/aromatic N) is 3. The molecule has 28 heavy (non-hydrogen) atoms. The van der Waals surface area contributed by atoms with Crippen LogP contribution in [0, 0.1) is 0 Å². The Bertz CT molecular complexity index is 1040. The van der Waals surface area contributed by atoms with E-state index < -0.39 is 0 Å². The fourth-order valence-corrected chi connectivity index (χ4v) is 4.25. The highest BCUT2D eigenvalue weighted by Gasteiger charge is 2.21. The molecule has 0 radical (unpaired) electrons. The Kier molecular flexibility index (Phi) is 5.28. The van der Waals surface area contributed by atoms with Gasteiger partial charge in [0, 0.05) is 16.3 Å². The molecule has 2 aromatic carbocycles. The summed E-state index contributed by atoms with van der Waals surface area (Å²) in [4.78, 5) is 12.6. The first kappa shape index (κ1) is 18.8. The van der Waals surface area contributed by atoms with Crippen LogP contribution in [0.5, 0.6) is 0 Å². The van der Waals surface area contributed by atoms with E-state index in [1.165, 1.54) is 34.0 Å². The molecule has 1 amide bonds. The van der Waals surface area contributed by atoms with Crippen molar-refractivity contribution in [1.29, 1.82) is 0 Å². The number of nitrogens with two attached hydrogens (primary N) is 1. The molecule has 4 rings (SSSR count). The highest BCUT2D eigenvalue weighted by Crippen LogP contribution is 2.28. The van der Waals surface area contributed by atoms with Crippen LogP contribution in [-0.4, -0.2) is 26.0 Å². The second-order valence-corrected chi connectivity index (χ2v) is 8.52. The lowest BCUT2D eigenvalue weighted by Gasteiger charge is -2.12. The molecule has 8 heteroatoms. The van der Waals surface area contributed by atoms with Gasteiger partial charge >= 0.3 is 0 Å². The highest BCUT2D eigenvalue weighted by atomic mass is 35.5. The minimum absolute atomic E-state index is 0.102.